The van der Waals surface area contributed by atoms with Gasteiger partial charge in [-0.15, -0.1) is 0 Å². The van der Waals surface area contributed by atoms with Crippen LogP contribution in [0.4, 0.5) is 0 Å². The molecule has 0 bridgehead atoms. The maximum atomic E-state index is 10.5. The van der Waals surface area contributed by atoms with Crippen molar-refractivity contribution in [1.82, 2.24) is 4.90 Å². The second-order valence-electron chi connectivity index (χ2n) is 3.12. The van der Waals surface area contributed by atoms with Crippen LogP contribution in [0.15, 0.2) is 29.2 Å². The van der Waals surface area contributed by atoms with Gasteiger partial charge in [-0.25, -0.2) is 0 Å². The lowest BCUT2D eigenvalue weighted by Gasteiger charge is -2.10. The van der Waals surface area contributed by atoms with Crippen molar-refractivity contribution >= 4 is 11.1 Å². The number of benzene rings is 1. The molecule has 0 aliphatic rings. The molecule has 0 amide bonds. The van der Waals surface area contributed by atoms with Gasteiger partial charge in [-0.3, -0.25) is 4.21 Å². The smallest absolute Gasteiger partial charge is 0.0248 e. The third-order valence-electron chi connectivity index (χ3n) is 1.61. The van der Waals surface area contributed by atoms with Crippen molar-refractivity contribution < 1.29 is 8.76 Å². The molecule has 72 valence electrons. The fourth-order valence-electron chi connectivity index (χ4n) is 1.07. The van der Waals surface area contributed by atoms with Crippen LogP contribution in [-0.4, -0.2) is 27.8 Å². The van der Waals surface area contributed by atoms with Gasteiger partial charge in [0.1, 0.15) is 0 Å². The molecule has 0 saturated carbocycles. The second kappa shape index (κ2) is 4.50. The summed E-state index contributed by atoms with van der Waals surface area (Å²) in [6, 6.07) is 6.88. The summed E-state index contributed by atoms with van der Waals surface area (Å²) in [6.45, 7) is 0.825. The van der Waals surface area contributed by atoms with E-state index in [1.807, 2.05) is 31.1 Å². The van der Waals surface area contributed by atoms with Gasteiger partial charge < -0.3 is 9.45 Å². The monoisotopic (exact) mass is 198 g/mol. The third kappa shape index (κ3) is 3.26. The molecule has 0 fully saturated rings. The Hall–Kier alpha value is -0.710. The molecule has 1 unspecified atom stereocenters. The van der Waals surface area contributed by atoms with Crippen LogP contribution >= 0.6 is 0 Å². The Bertz CT molecular complexity index is 295. The first-order valence-corrected chi connectivity index (χ1v) is 5.00. The predicted octanol–water partition coefficient (Wildman–Crippen LogP) is 0.986. The Morgan fingerprint density at radius 2 is 1.85 bits per heavy atom. The van der Waals surface area contributed by atoms with Gasteiger partial charge in [-0.05, 0) is 42.9 Å². The SMILES string of the molecule is CN(C)Cc1ccc(S(=O)[O-])cc1. The molecule has 0 aromatic heterocycles. The van der Waals surface area contributed by atoms with Crippen LogP contribution in [0.1, 0.15) is 5.56 Å². The fourth-order valence-corrected chi connectivity index (χ4v) is 1.43. The standard InChI is InChI=1S/C9H13NO2S/c1-10(2)7-8-3-5-9(6-4-8)13(11)12/h3-6H,7H2,1-2H3,(H,11,12)/p-1. The second-order valence-corrected chi connectivity index (χ2v) is 4.06. The van der Waals surface area contributed by atoms with Gasteiger partial charge in [-0.1, -0.05) is 12.1 Å². The first kappa shape index (κ1) is 10.4. The van der Waals surface area contributed by atoms with Crippen LogP contribution in [0.5, 0.6) is 0 Å². The molecule has 4 heteroatoms. The van der Waals surface area contributed by atoms with Crippen LogP contribution < -0.4 is 0 Å². The van der Waals surface area contributed by atoms with E-state index in [4.69, 9.17) is 0 Å². The molecule has 0 N–H and O–H groups in total. The highest BCUT2D eigenvalue weighted by molar-refractivity contribution is 7.79. The van der Waals surface area contributed by atoms with Crippen LogP contribution in [0.25, 0.3) is 0 Å². The third-order valence-corrected chi connectivity index (χ3v) is 2.27. The molecule has 0 saturated heterocycles. The number of hydrogen-bond donors (Lipinski definition) is 0. The van der Waals surface area contributed by atoms with Gasteiger partial charge in [0.2, 0.25) is 0 Å². The predicted molar refractivity (Wildman–Crippen MR) is 51.0 cm³/mol. The first-order valence-electron chi connectivity index (χ1n) is 3.92. The zero-order valence-corrected chi connectivity index (χ0v) is 8.50. The summed E-state index contributed by atoms with van der Waals surface area (Å²) >= 11 is -2.11. The van der Waals surface area contributed by atoms with E-state index in [-0.39, 0.29) is 0 Å². The molecule has 0 aliphatic heterocycles. The van der Waals surface area contributed by atoms with Crippen LogP contribution in [0.2, 0.25) is 0 Å². The lowest BCUT2D eigenvalue weighted by molar-refractivity contribution is 0.402. The van der Waals surface area contributed by atoms with Crippen LogP contribution in [-0.2, 0) is 17.6 Å². The van der Waals surface area contributed by atoms with Gasteiger partial charge in [-0.2, -0.15) is 0 Å². The molecule has 0 aliphatic carbocycles. The summed E-state index contributed by atoms with van der Waals surface area (Å²) in [6.07, 6.45) is 0. The van der Waals surface area contributed by atoms with Crippen molar-refractivity contribution in [2.75, 3.05) is 14.1 Å². The molecule has 0 heterocycles. The zero-order chi connectivity index (χ0) is 9.84. The molecule has 0 radical (unpaired) electrons. The van der Waals surface area contributed by atoms with Crippen molar-refractivity contribution in [3.05, 3.63) is 29.8 Å². The molecule has 1 rings (SSSR count). The molecule has 1 aromatic rings. The van der Waals surface area contributed by atoms with E-state index >= 15 is 0 Å². The topological polar surface area (TPSA) is 43.4 Å². The van der Waals surface area contributed by atoms with Crippen molar-refractivity contribution in [1.29, 1.82) is 0 Å². The van der Waals surface area contributed by atoms with Crippen LogP contribution in [0, 0.1) is 0 Å². The van der Waals surface area contributed by atoms with Crippen LogP contribution in [0.3, 0.4) is 0 Å². The largest absolute Gasteiger partial charge is 0.768 e. The molecule has 0 spiro atoms. The highest BCUT2D eigenvalue weighted by atomic mass is 32.2. The van der Waals surface area contributed by atoms with Crippen molar-refractivity contribution in [2.45, 2.75) is 11.4 Å². The summed E-state index contributed by atoms with van der Waals surface area (Å²) in [4.78, 5) is 2.37. The normalized spacial score (nSPS) is 13.2. The summed E-state index contributed by atoms with van der Waals surface area (Å²) < 4.78 is 21.0. The zero-order valence-electron chi connectivity index (χ0n) is 7.69. The summed E-state index contributed by atoms with van der Waals surface area (Å²) in [5, 5.41) is 0. The summed E-state index contributed by atoms with van der Waals surface area (Å²) in [7, 11) is 3.94. The summed E-state index contributed by atoms with van der Waals surface area (Å²) in [5.41, 5.74) is 1.11. The Morgan fingerprint density at radius 1 is 1.31 bits per heavy atom. The van der Waals surface area contributed by atoms with Crippen molar-refractivity contribution in [3.8, 4) is 0 Å². The van der Waals surface area contributed by atoms with E-state index in [2.05, 4.69) is 0 Å². The quantitative estimate of drug-likeness (QED) is 0.680. The van der Waals surface area contributed by atoms with Gasteiger partial charge in [0.05, 0.1) is 0 Å². The number of nitrogens with zero attached hydrogens (tertiary/aromatic N) is 1. The minimum absolute atomic E-state index is 0.336. The Labute approximate surface area is 80.7 Å². The van der Waals surface area contributed by atoms with Gasteiger partial charge in [0.25, 0.3) is 0 Å². The van der Waals surface area contributed by atoms with Gasteiger partial charge >= 0.3 is 0 Å². The highest BCUT2D eigenvalue weighted by Gasteiger charge is 1.95. The lowest BCUT2D eigenvalue weighted by Crippen LogP contribution is -2.10. The fraction of sp³-hybridized carbons (Fsp3) is 0.333. The van der Waals surface area contributed by atoms with Gasteiger partial charge in [0, 0.05) is 11.4 Å². The maximum absolute atomic E-state index is 10.5. The first-order chi connectivity index (χ1) is 6.09. The van der Waals surface area contributed by atoms with E-state index in [9.17, 15) is 8.76 Å². The highest BCUT2D eigenvalue weighted by Crippen LogP contribution is 2.08. The Kier molecular flexibility index (Phi) is 3.59. The minimum atomic E-state index is -2.11. The summed E-state index contributed by atoms with van der Waals surface area (Å²) in [5.74, 6) is 0. The van der Waals surface area contributed by atoms with Crippen molar-refractivity contribution in [3.63, 3.8) is 0 Å². The molecule has 3 nitrogen and oxygen atoms in total. The molecule has 13 heavy (non-hydrogen) atoms. The van der Waals surface area contributed by atoms with E-state index in [0.29, 0.717) is 4.90 Å². The Morgan fingerprint density at radius 3 is 2.23 bits per heavy atom. The Balaban J connectivity index is 2.75. The molecular formula is C9H12NO2S-. The lowest BCUT2D eigenvalue weighted by atomic mass is 10.2. The van der Waals surface area contributed by atoms with Crippen molar-refractivity contribution in [2.24, 2.45) is 0 Å². The maximum Gasteiger partial charge on any atom is 0.0248 e. The van der Waals surface area contributed by atoms with E-state index in [1.165, 1.54) is 0 Å². The average molecular weight is 198 g/mol. The van der Waals surface area contributed by atoms with E-state index in [0.717, 1.165) is 12.1 Å². The molecule has 1 aromatic carbocycles. The minimum Gasteiger partial charge on any atom is -0.768 e. The number of hydrogen-bond acceptors (Lipinski definition) is 3. The number of rotatable bonds is 3. The molecule has 1 atom stereocenters. The van der Waals surface area contributed by atoms with Gasteiger partial charge in [0.15, 0.2) is 0 Å². The van der Waals surface area contributed by atoms with E-state index in [1.54, 1.807) is 12.1 Å². The average Bonchev–Trinajstić information content (AvgIpc) is 2.04. The molecular weight excluding hydrogens is 186 g/mol. The van der Waals surface area contributed by atoms with E-state index < -0.39 is 11.1 Å².